The number of methoxy groups -OCH3 is 1. The molecule has 0 atom stereocenters. The maximum Gasteiger partial charge on any atom is 0.333 e. The lowest BCUT2D eigenvalue weighted by Gasteiger charge is -2.13. The molecule has 0 aliphatic heterocycles. The molecule has 3 rings (SSSR count). The van der Waals surface area contributed by atoms with Crippen molar-refractivity contribution in [3.8, 4) is 0 Å². The second-order valence-electron chi connectivity index (χ2n) is 7.75. The van der Waals surface area contributed by atoms with Crippen molar-refractivity contribution >= 4 is 17.1 Å². The maximum atomic E-state index is 13.2. The Balaban J connectivity index is 2.04. The van der Waals surface area contributed by atoms with Crippen LogP contribution in [0.2, 0.25) is 0 Å². The van der Waals surface area contributed by atoms with E-state index in [4.69, 9.17) is 9.47 Å². The van der Waals surface area contributed by atoms with E-state index in [0.717, 1.165) is 10.1 Å². The van der Waals surface area contributed by atoms with Gasteiger partial charge in [0.2, 0.25) is 0 Å². The third-order valence-corrected chi connectivity index (χ3v) is 4.95. The van der Waals surface area contributed by atoms with Crippen LogP contribution in [0.15, 0.2) is 46.2 Å². The number of rotatable bonds is 10. The van der Waals surface area contributed by atoms with Crippen molar-refractivity contribution in [2.75, 3.05) is 20.3 Å². The highest BCUT2D eigenvalue weighted by Crippen LogP contribution is 2.10. The van der Waals surface area contributed by atoms with Crippen molar-refractivity contribution in [3.63, 3.8) is 0 Å². The molecule has 0 amide bonds. The van der Waals surface area contributed by atoms with Crippen LogP contribution in [0.5, 0.6) is 0 Å². The van der Waals surface area contributed by atoms with Crippen molar-refractivity contribution in [1.82, 2.24) is 18.7 Å². The number of fused-ring (bicyclic) bond motifs is 1. The Hall–Kier alpha value is -3.20. The zero-order chi connectivity index (χ0) is 22.4. The topological polar surface area (TPSA) is 97.4 Å². The van der Waals surface area contributed by atoms with Gasteiger partial charge in [-0.05, 0) is 17.9 Å². The average Bonchev–Trinajstić information content (AvgIpc) is 3.17. The third kappa shape index (κ3) is 5.29. The molecule has 0 radical (unpaired) electrons. The summed E-state index contributed by atoms with van der Waals surface area (Å²) in [6.07, 6.45) is 2.22. The summed E-state index contributed by atoms with van der Waals surface area (Å²) in [5.74, 6) is -0.237. The predicted molar refractivity (Wildman–Crippen MR) is 116 cm³/mol. The van der Waals surface area contributed by atoms with E-state index in [0.29, 0.717) is 25.5 Å². The van der Waals surface area contributed by atoms with Crippen molar-refractivity contribution in [1.29, 1.82) is 0 Å². The van der Waals surface area contributed by atoms with E-state index in [9.17, 15) is 14.4 Å². The third-order valence-electron chi connectivity index (χ3n) is 4.95. The van der Waals surface area contributed by atoms with Crippen LogP contribution < -0.4 is 11.2 Å². The van der Waals surface area contributed by atoms with Gasteiger partial charge in [0.25, 0.3) is 5.56 Å². The van der Waals surface area contributed by atoms with Crippen LogP contribution in [0.1, 0.15) is 25.8 Å². The van der Waals surface area contributed by atoms with Gasteiger partial charge in [0.15, 0.2) is 11.2 Å². The van der Waals surface area contributed by atoms with Gasteiger partial charge in [-0.15, -0.1) is 0 Å². The summed E-state index contributed by atoms with van der Waals surface area (Å²) < 4.78 is 14.3. The van der Waals surface area contributed by atoms with E-state index in [1.807, 2.05) is 44.2 Å². The van der Waals surface area contributed by atoms with Crippen LogP contribution in [-0.4, -0.2) is 45.0 Å². The average molecular weight is 428 g/mol. The number of ether oxygens (including phenoxy) is 2. The molecule has 3 aromatic rings. The van der Waals surface area contributed by atoms with E-state index in [1.165, 1.54) is 10.9 Å². The molecule has 0 fully saturated rings. The van der Waals surface area contributed by atoms with E-state index in [2.05, 4.69) is 4.98 Å². The second-order valence-corrected chi connectivity index (χ2v) is 7.75. The zero-order valence-corrected chi connectivity index (χ0v) is 18.1. The summed E-state index contributed by atoms with van der Waals surface area (Å²) in [6.45, 7) is 4.84. The Bertz CT molecular complexity index is 1140. The molecule has 166 valence electrons. The minimum Gasteiger partial charge on any atom is -0.464 e. The Labute approximate surface area is 179 Å². The van der Waals surface area contributed by atoms with Crippen molar-refractivity contribution < 1.29 is 14.3 Å². The number of hydrogen-bond acceptors (Lipinski definition) is 6. The maximum absolute atomic E-state index is 13.2. The number of carbonyl (C=O) groups is 1. The van der Waals surface area contributed by atoms with Crippen LogP contribution in [-0.2, 0) is 33.9 Å². The second kappa shape index (κ2) is 10.2. The van der Waals surface area contributed by atoms with Gasteiger partial charge in [0.1, 0.15) is 6.54 Å². The monoisotopic (exact) mass is 428 g/mol. The standard InChI is InChI=1S/C22H28N4O5/c1-16(2)9-11-31-18(27)14-26-21(28)19-20(23-15-24(19)10-12-30-3)25(22(26)29)13-17-7-5-4-6-8-17/h4-8,15-16H,9-14H2,1-3H3. The van der Waals surface area contributed by atoms with Gasteiger partial charge in [-0.2, -0.15) is 0 Å². The molecule has 2 aromatic heterocycles. The first kappa shape index (κ1) is 22.5. The van der Waals surface area contributed by atoms with Crippen molar-refractivity contribution in [2.24, 2.45) is 5.92 Å². The van der Waals surface area contributed by atoms with Gasteiger partial charge in [-0.1, -0.05) is 44.2 Å². The summed E-state index contributed by atoms with van der Waals surface area (Å²) in [6, 6.07) is 9.40. The molecular weight excluding hydrogens is 400 g/mol. The lowest BCUT2D eigenvalue weighted by molar-refractivity contribution is -0.144. The van der Waals surface area contributed by atoms with Crippen molar-refractivity contribution in [2.45, 2.75) is 39.9 Å². The smallest absolute Gasteiger partial charge is 0.333 e. The predicted octanol–water partition coefficient (Wildman–Crippen LogP) is 1.64. The Kier molecular flexibility index (Phi) is 7.41. The molecule has 0 aliphatic rings. The van der Waals surface area contributed by atoms with Crippen LogP contribution in [0.3, 0.4) is 0 Å². The van der Waals surface area contributed by atoms with Gasteiger partial charge < -0.3 is 14.0 Å². The quantitative estimate of drug-likeness (QED) is 0.456. The first-order chi connectivity index (χ1) is 14.9. The molecule has 31 heavy (non-hydrogen) atoms. The first-order valence-corrected chi connectivity index (χ1v) is 10.3. The number of hydrogen-bond donors (Lipinski definition) is 0. The lowest BCUT2D eigenvalue weighted by atomic mass is 10.1. The molecular formula is C22H28N4O5. The van der Waals surface area contributed by atoms with E-state index < -0.39 is 23.8 Å². The largest absolute Gasteiger partial charge is 0.464 e. The molecule has 1 aromatic carbocycles. The molecule has 0 unspecified atom stereocenters. The lowest BCUT2D eigenvalue weighted by Crippen LogP contribution is -2.42. The first-order valence-electron chi connectivity index (χ1n) is 10.3. The summed E-state index contributed by atoms with van der Waals surface area (Å²) in [7, 11) is 1.57. The molecule has 0 saturated carbocycles. The number of benzene rings is 1. The highest BCUT2D eigenvalue weighted by Gasteiger charge is 2.20. The fourth-order valence-corrected chi connectivity index (χ4v) is 3.23. The number of imidazole rings is 1. The fraction of sp³-hybridized carbons (Fsp3) is 0.455. The number of nitrogens with zero attached hydrogens (tertiary/aromatic N) is 4. The Morgan fingerprint density at radius 3 is 2.52 bits per heavy atom. The number of carbonyl (C=O) groups excluding carboxylic acids is 1. The zero-order valence-electron chi connectivity index (χ0n) is 18.1. The molecule has 9 heteroatoms. The minimum atomic E-state index is -0.617. The Morgan fingerprint density at radius 1 is 1.10 bits per heavy atom. The summed E-state index contributed by atoms with van der Waals surface area (Å²) in [5, 5.41) is 0. The van der Waals surface area contributed by atoms with E-state index in [1.54, 1.807) is 11.7 Å². The minimum absolute atomic E-state index is 0.222. The SMILES string of the molecule is COCCn1cnc2c1c(=O)n(CC(=O)OCCC(C)C)c(=O)n2Cc1ccccc1. The van der Waals surface area contributed by atoms with Gasteiger partial charge in [0, 0.05) is 13.7 Å². The highest BCUT2D eigenvalue weighted by atomic mass is 16.5. The van der Waals surface area contributed by atoms with Gasteiger partial charge in [-0.3, -0.25) is 14.2 Å². The van der Waals surface area contributed by atoms with Crippen LogP contribution in [0.4, 0.5) is 0 Å². The summed E-state index contributed by atoms with van der Waals surface area (Å²) in [4.78, 5) is 43.0. The van der Waals surface area contributed by atoms with Crippen LogP contribution in [0, 0.1) is 5.92 Å². The summed E-state index contributed by atoms with van der Waals surface area (Å²) >= 11 is 0. The summed E-state index contributed by atoms with van der Waals surface area (Å²) in [5.41, 5.74) is 0.238. The molecule has 0 aliphatic carbocycles. The van der Waals surface area contributed by atoms with E-state index in [-0.39, 0.29) is 24.3 Å². The normalized spacial score (nSPS) is 11.4. The molecule has 0 N–H and O–H groups in total. The highest BCUT2D eigenvalue weighted by molar-refractivity contribution is 5.72. The number of aromatic nitrogens is 4. The van der Waals surface area contributed by atoms with Gasteiger partial charge >= 0.3 is 11.7 Å². The molecule has 0 spiro atoms. The molecule has 0 saturated heterocycles. The van der Waals surface area contributed by atoms with Crippen molar-refractivity contribution in [3.05, 3.63) is 63.1 Å². The molecule has 2 heterocycles. The molecule has 9 nitrogen and oxygen atoms in total. The van der Waals surface area contributed by atoms with Crippen LogP contribution in [0.25, 0.3) is 11.2 Å². The van der Waals surface area contributed by atoms with Gasteiger partial charge in [0.05, 0.1) is 26.1 Å². The number of esters is 1. The van der Waals surface area contributed by atoms with E-state index >= 15 is 0 Å². The molecule has 0 bridgehead atoms. The van der Waals surface area contributed by atoms with Gasteiger partial charge in [-0.25, -0.2) is 14.3 Å². The Morgan fingerprint density at radius 2 is 1.84 bits per heavy atom. The fourth-order valence-electron chi connectivity index (χ4n) is 3.23. The van der Waals surface area contributed by atoms with Crippen LogP contribution >= 0.6 is 0 Å².